The first-order valence-electron chi connectivity index (χ1n) is 11.3. The van der Waals surface area contributed by atoms with E-state index in [1.165, 1.54) is 12.8 Å². The maximum absolute atomic E-state index is 11.7. The molecule has 31 heavy (non-hydrogen) atoms. The van der Waals surface area contributed by atoms with Crippen LogP contribution in [0.2, 0.25) is 0 Å². The Hall–Kier alpha value is -1.71. The van der Waals surface area contributed by atoms with Crippen LogP contribution in [-0.4, -0.2) is 56.2 Å². The van der Waals surface area contributed by atoms with E-state index in [0.717, 1.165) is 74.9 Å². The van der Waals surface area contributed by atoms with Crippen LogP contribution in [0.1, 0.15) is 57.4 Å². The number of hydrogen-bond donors (Lipinski definition) is 2. The summed E-state index contributed by atoms with van der Waals surface area (Å²) >= 11 is 0. The number of methoxy groups -OCH3 is 1. The Balaban J connectivity index is 0.00000341. The van der Waals surface area contributed by atoms with E-state index in [2.05, 4.69) is 17.6 Å². The van der Waals surface area contributed by atoms with E-state index in [9.17, 15) is 4.79 Å². The molecule has 0 atom stereocenters. The summed E-state index contributed by atoms with van der Waals surface area (Å²) in [4.78, 5) is 18.4. The van der Waals surface area contributed by atoms with E-state index in [1.54, 1.807) is 7.11 Å². The summed E-state index contributed by atoms with van der Waals surface area (Å²) in [7, 11) is 1.68. The minimum atomic E-state index is 0. The Bertz CT molecular complexity index is 723. The molecule has 1 aromatic rings. The zero-order chi connectivity index (χ0) is 21.2. The summed E-state index contributed by atoms with van der Waals surface area (Å²) in [5.74, 6) is 2.74. The summed E-state index contributed by atoms with van der Waals surface area (Å²) in [5, 5.41) is 6.68. The molecule has 1 saturated heterocycles. The molecule has 2 N–H and O–H groups in total. The number of rotatable bonds is 10. The summed E-state index contributed by atoms with van der Waals surface area (Å²) in [6.45, 7) is 5.87. The summed E-state index contributed by atoms with van der Waals surface area (Å²) in [6, 6.07) is 5.96. The third-order valence-corrected chi connectivity index (χ3v) is 5.69. The molecule has 1 aromatic carbocycles. The fraction of sp³-hybridized carbons (Fsp3) is 0.652. The van der Waals surface area contributed by atoms with Crippen molar-refractivity contribution in [1.29, 1.82) is 0 Å². The van der Waals surface area contributed by atoms with Crippen LogP contribution in [0.4, 0.5) is 0 Å². The third-order valence-electron chi connectivity index (χ3n) is 5.69. The van der Waals surface area contributed by atoms with Crippen LogP contribution in [0, 0.1) is 0 Å². The van der Waals surface area contributed by atoms with Gasteiger partial charge in [-0.1, -0.05) is 0 Å². The van der Waals surface area contributed by atoms with Crippen LogP contribution in [0.25, 0.3) is 0 Å². The summed E-state index contributed by atoms with van der Waals surface area (Å²) < 4.78 is 11.7. The van der Waals surface area contributed by atoms with Gasteiger partial charge < -0.3 is 25.0 Å². The van der Waals surface area contributed by atoms with E-state index in [-0.39, 0.29) is 29.9 Å². The Morgan fingerprint density at radius 2 is 2.03 bits per heavy atom. The van der Waals surface area contributed by atoms with Crippen LogP contribution in [0.15, 0.2) is 23.2 Å². The van der Waals surface area contributed by atoms with Crippen molar-refractivity contribution in [1.82, 2.24) is 15.5 Å². The lowest BCUT2D eigenvalue weighted by atomic mass is 10.2. The number of benzene rings is 1. The van der Waals surface area contributed by atoms with Crippen molar-refractivity contribution in [3.8, 4) is 11.5 Å². The van der Waals surface area contributed by atoms with E-state index in [4.69, 9.17) is 14.5 Å². The molecule has 174 valence electrons. The predicted octanol–water partition coefficient (Wildman–Crippen LogP) is 3.70. The molecule has 1 aliphatic heterocycles. The molecule has 0 unspecified atom stereocenters. The minimum Gasteiger partial charge on any atom is -0.497 e. The highest BCUT2D eigenvalue weighted by molar-refractivity contribution is 14.0. The van der Waals surface area contributed by atoms with Gasteiger partial charge in [-0.2, -0.15) is 0 Å². The zero-order valence-electron chi connectivity index (χ0n) is 18.8. The number of ether oxygens (including phenoxy) is 2. The van der Waals surface area contributed by atoms with Gasteiger partial charge in [0.15, 0.2) is 5.96 Å². The number of carbonyl (C=O) groups excluding carboxylic acids is 1. The second kappa shape index (κ2) is 13.6. The standard InChI is InChI=1S/C23H36N4O3.HI/c1-3-24-23(25-13-7-15-27-14-6-10-22(27)28)26-17-18-11-12-20(29-2)16-21(18)30-19-8-4-5-9-19;/h11-12,16,19H,3-10,13-15,17H2,1-2H3,(H2,24,25,26);1H. The zero-order valence-corrected chi connectivity index (χ0v) is 21.2. The van der Waals surface area contributed by atoms with Crippen molar-refractivity contribution in [2.45, 2.75) is 64.5 Å². The fourth-order valence-corrected chi connectivity index (χ4v) is 4.01. The number of nitrogens with zero attached hydrogens (tertiary/aromatic N) is 2. The maximum Gasteiger partial charge on any atom is 0.222 e. The van der Waals surface area contributed by atoms with Gasteiger partial charge in [-0.25, -0.2) is 4.99 Å². The van der Waals surface area contributed by atoms with Crippen LogP contribution in [0.5, 0.6) is 11.5 Å². The number of amides is 1. The molecular formula is C23H37IN4O3. The Kier molecular flexibility index (Phi) is 11.2. The van der Waals surface area contributed by atoms with E-state index in [0.29, 0.717) is 19.1 Å². The number of guanidine groups is 1. The van der Waals surface area contributed by atoms with Gasteiger partial charge >= 0.3 is 0 Å². The lowest BCUT2D eigenvalue weighted by molar-refractivity contribution is -0.127. The van der Waals surface area contributed by atoms with Crippen molar-refractivity contribution in [3.05, 3.63) is 23.8 Å². The Morgan fingerprint density at radius 1 is 1.23 bits per heavy atom. The maximum atomic E-state index is 11.7. The van der Waals surface area contributed by atoms with Gasteiger partial charge in [0.2, 0.25) is 5.91 Å². The van der Waals surface area contributed by atoms with Crippen LogP contribution in [0.3, 0.4) is 0 Å². The van der Waals surface area contributed by atoms with Gasteiger partial charge in [0.05, 0.1) is 19.8 Å². The molecule has 1 saturated carbocycles. The van der Waals surface area contributed by atoms with E-state index in [1.807, 2.05) is 23.1 Å². The SMILES string of the molecule is CCNC(=NCc1ccc(OC)cc1OC1CCCC1)NCCCN1CCCC1=O.I. The normalized spacial score (nSPS) is 16.9. The molecule has 1 aliphatic carbocycles. The number of halogens is 1. The number of likely N-dealkylation sites (tertiary alicyclic amines) is 1. The van der Waals surface area contributed by atoms with Gasteiger partial charge in [0.1, 0.15) is 11.5 Å². The second-order valence-corrected chi connectivity index (χ2v) is 7.96. The molecule has 2 fully saturated rings. The van der Waals surface area contributed by atoms with E-state index >= 15 is 0 Å². The molecule has 8 heteroatoms. The highest BCUT2D eigenvalue weighted by atomic mass is 127. The van der Waals surface area contributed by atoms with Crippen molar-refractivity contribution >= 4 is 35.8 Å². The van der Waals surface area contributed by atoms with Gasteiger partial charge in [0, 0.05) is 44.2 Å². The van der Waals surface area contributed by atoms with Crippen LogP contribution in [-0.2, 0) is 11.3 Å². The predicted molar refractivity (Wildman–Crippen MR) is 135 cm³/mol. The molecule has 7 nitrogen and oxygen atoms in total. The van der Waals surface area contributed by atoms with Crippen LogP contribution < -0.4 is 20.1 Å². The van der Waals surface area contributed by atoms with Crippen molar-refractivity contribution < 1.29 is 14.3 Å². The first-order chi connectivity index (χ1) is 14.7. The highest BCUT2D eigenvalue weighted by Gasteiger charge is 2.19. The molecule has 0 spiro atoms. The largest absolute Gasteiger partial charge is 0.497 e. The van der Waals surface area contributed by atoms with E-state index < -0.39 is 0 Å². The van der Waals surface area contributed by atoms with Gasteiger partial charge in [-0.15, -0.1) is 24.0 Å². The topological polar surface area (TPSA) is 75.2 Å². The van der Waals surface area contributed by atoms with Gasteiger partial charge in [0.25, 0.3) is 0 Å². The monoisotopic (exact) mass is 544 g/mol. The smallest absolute Gasteiger partial charge is 0.222 e. The molecular weight excluding hydrogens is 507 g/mol. The summed E-state index contributed by atoms with van der Waals surface area (Å²) in [5.41, 5.74) is 1.06. The van der Waals surface area contributed by atoms with Crippen molar-refractivity contribution in [3.63, 3.8) is 0 Å². The number of aliphatic imine (C=N–C) groups is 1. The molecule has 1 heterocycles. The first-order valence-corrected chi connectivity index (χ1v) is 11.3. The molecule has 2 aliphatic rings. The molecule has 0 aromatic heterocycles. The average molecular weight is 544 g/mol. The first kappa shape index (κ1) is 25.5. The van der Waals surface area contributed by atoms with Crippen molar-refractivity contribution in [2.75, 3.05) is 33.3 Å². The average Bonchev–Trinajstić information content (AvgIpc) is 3.41. The molecule has 0 bridgehead atoms. The second-order valence-electron chi connectivity index (χ2n) is 7.96. The molecule has 0 radical (unpaired) electrons. The van der Waals surface area contributed by atoms with Crippen LogP contribution >= 0.6 is 24.0 Å². The number of hydrogen-bond acceptors (Lipinski definition) is 4. The Labute approximate surface area is 203 Å². The quantitative estimate of drug-likeness (QED) is 0.204. The lowest BCUT2D eigenvalue weighted by Gasteiger charge is -2.18. The molecule has 3 rings (SSSR count). The highest BCUT2D eigenvalue weighted by Crippen LogP contribution is 2.30. The summed E-state index contributed by atoms with van der Waals surface area (Å²) in [6.07, 6.45) is 7.59. The van der Waals surface area contributed by atoms with Gasteiger partial charge in [-0.05, 0) is 57.6 Å². The lowest BCUT2D eigenvalue weighted by Crippen LogP contribution is -2.39. The number of carbonyl (C=O) groups is 1. The van der Waals surface area contributed by atoms with Gasteiger partial charge in [-0.3, -0.25) is 4.79 Å². The third kappa shape index (κ3) is 8.05. The Morgan fingerprint density at radius 3 is 2.71 bits per heavy atom. The molecule has 1 amide bonds. The fourth-order valence-electron chi connectivity index (χ4n) is 4.01. The number of nitrogens with one attached hydrogen (secondary N) is 2. The van der Waals surface area contributed by atoms with Crippen molar-refractivity contribution in [2.24, 2.45) is 4.99 Å². The minimum absolute atomic E-state index is 0.